The molecule has 26 heavy (non-hydrogen) atoms. The van der Waals surface area contributed by atoms with Crippen molar-refractivity contribution in [1.29, 1.82) is 0 Å². The minimum atomic E-state index is -1.16. The van der Waals surface area contributed by atoms with Crippen molar-refractivity contribution in [2.75, 3.05) is 13.7 Å². The number of rotatable bonds is 11. The van der Waals surface area contributed by atoms with Crippen molar-refractivity contribution in [3.05, 3.63) is 29.8 Å². The van der Waals surface area contributed by atoms with Crippen molar-refractivity contribution in [3.8, 4) is 5.75 Å². The van der Waals surface area contributed by atoms with E-state index in [-0.39, 0.29) is 24.8 Å². The summed E-state index contributed by atoms with van der Waals surface area (Å²) in [5, 5.41) is 23.8. The summed E-state index contributed by atoms with van der Waals surface area (Å²) < 4.78 is 5.05. The van der Waals surface area contributed by atoms with Crippen LogP contribution in [-0.2, 0) is 9.59 Å². The highest BCUT2D eigenvalue weighted by Crippen LogP contribution is 2.12. The summed E-state index contributed by atoms with van der Waals surface area (Å²) in [5.74, 6) is -1.96. The number of nitrogens with one attached hydrogen (secondary N) is 2. The molecule has 1 aromatic carbocycles. The van der Waals surface area contributed by atoms with Crippen molar-refractivity contribution in [2.24, 2.45) is 5.92 Å². The van der Waals surface area contributed by atoms with Crippen LogP contribution in [0.15, 0.2) is 24.3 Å². The van der Waals surface area contributed by atoms with Gasteiger partial charge in [0, 0.05) is 12.1 Å². The summed E-state index contributed by atoms with van der Waals surface area (Å²) >= 11 is 0. The molecule has 1 rings (SSSR count). The summed E-state index contributed by atoms with van der Waals surface area (Å²) in [6.07, 6.45) is 0.377. The minimum Gasteiger partial charge on any atom is -0.497 e. The second-order valence-electron chi connectivity index (χ2n) is 6.35. The van der Waals surface area contributed by atoms with Crippen molar-refractivity contribution < 1.29 is 29.3 Å². The van der Waals surface area contributed by atoms with E-state index in [1.165, 1.54) is 7.11 Å². The SMILES string of the molecule is COc1cccc(C(=O)NCCC(NC(CC(C)C)C(=O)O)C(=O)O)c1. The number of hydrogen-bond acceptors (Lipinski definition) is 5. The van der Waals surface area contributed by atoms with E-state index in [0.29, 0.717) is 17.7 Å². The van der Waals surface area contributed by atoms with Gasteiger partial charge in [-0.2, -0.15) is 0 Å². The third kappa shape index (κ3) is 7.10. The zero-order valence-corrected chi connectivity index (χ0v) is 15.2. The summed E-state index contributed by atoms with van der Waals surface area (Å²) in [6.45, 7) is 3.82. The highest BCUT2D eigenvalue weighted by molar-refractivity contribution is 5.94. The van der Waals surface area contributed by atoms with E-state index < -0.39 is 24.0 Å². The van der Waals surface area contributed by atoms with Gasteiger partial charge in [0.15, 0.2) is 0 Å². The van der Waals surface area contributed by atoms with Crippen molar-refractivity contribution in [3.63, 3.8) is 0 Å². The number of carbonyl (C=O) groups excluding carboxylic acids is 1. The first-order chi connectivity index (χ1) is 12.2. The molecule has 2 unspecified atom stereocenters. The van der Waals surface area contributed by atoms with Crippen molar-refractivity contribution in [1.82, 2.24) is 10.6 Å². The monoisotopic (exact) mass is 366 g/mol. The molecule has 1 aromatic rings. The van der Waals surface area contributed by atoms with Gasteiger partial charge >= 0.3 is 11.9 Å². The van der Waals surface area contributed by atoms with E-state index in [1.54, 1.807) is 24.3 Å². The lowest BCUT2D eigenvalue weighted by molar-refractivity contribution is -0.143. The van der Waals surface area contributed by atoms with Gasteiger partial charge in [0.1, 0.15) is 17.8 Å². The molecular formula is C18H26N2O6. The van der Waals surface area contributed by atoms with Crippen LogP contribution in [0, 0.1) is 5.92 Å². The third-order valence-electron chi connectivity index (χ3n) is 3.76. The van der Waals surface area contributed by atoms with Gasteiger partial charge in [0.05, 0.1) is 7.11 Å². The maximum Gasteiger partial charge on any atom is 0.320 e. The molecule has 0 aliphatic carbocycles. The molecular weight excluding hydrogens is 340 g/mol. The summed E-state index contributed by atoms with van der Waals surface area (Å²) in [4.78, 5) is 34.8. The molecule has 1 amide bonds. The molecule has 0 fully saturated rings. The molecule has 8 heteroatoms. The molecule has 0 heterocycles. The van der Waals surface area contributed by atoms with E-state index in [1.807, 2.05) is 13.8 Å². The van der Waals surface area contributed by atoms with Gasteiger partial charge in [-0.05, 0) is 37.0 Å². The van der Waals surface area contributed by atoms with E-state index in [0.717, 1.165) is 0 Å². The Bertz CT molecular complexity index is 632. The number of hydrogen-bond donors (Lipinski definition) is 4. The number of ether oxygens (including phenoxy) is 1. The lowest BCUT2D eigenvalue weighted by Gasteiger charge is -2.21. The van der Waals surface area contributed by atoms with Crippen LogP contribution >= 0.6 is 0 Å². The molecule has 0 aliphatic heterocycles. The molecule has 144 valence electrons. The van der Waals surface area contributed by atoms with Crippen LogP contribution in [0.5, 0.6) is 5.75 Å². The van der Waals surface area contributed by atoms with Crippen LogP contribution in [0.25, 0.3) is 0 Å². The normalized spacial score (nSPS) is 13.1. The number of aliphatic carboxylic acids is 2. The fraction of sp³-hybridized carbons (Fsp3) is 0.500. The maximum atomic E-state index is 12.1. The molecule has 2 atom stereocenters. The van der Waals surface area contributed by atoms with Crippen LogP contribution in [-0.4, -0.2) is 53.8 Å². The molecule has 4 N–H and O–H groups in total. The first kappa shape index (κ1) is 21.4. The van der Waals surface area contributed by atoms with Gasteiger partial charge in [-0.15, -0.1) is 0 Å². The van der Waals surface area contributed by atoms with Crippen LogP contribution in [0.3, 0.4) is 0 Å². The molecule has 0 aromatic heterocycles. The number of amides is 1. The fourth-order valence-corrected chi connectivity index (χ4v) is 2.43. The maximum absolute atomic E-state index is 12.1. The standard InChI is InChI=1S/C18H26N2O6/c1-11(2)9-15(18(24)25)20-14(17(22)23)7-8-19-16(21)12-5-4-6-13(10-12)26-3/h4-6,10-11,14-15,20H,7-9H2,1-3H3,(H,19,21)(H,22,23)(H,24,25). The highest BCUT2D eigenvalue weighted by Gasteiger charge is 2.26. The second-order valence-corrected chi connectivity index (χ2v) is 6.35. The molecule has 0 saturated heterocycles. The number of carboxylic acid groups (broad SMARTS) is 2. The predicted molar refractivity (Wildman–Crippen MR) is 95.4 cm³/mol. The number of methoxy groups -OCH3 is 1. The van der Waals surface area contributed by atoms with E-state index in [2.05, 4.69) is 10.6 Å². The Morgan fingerprint density at radius 3 is 2.31 bits per heavy atom. The zero-order valence-electron chi connectivity index (χ0n) is 15.2. The smallest absolute Gasteiger partial charge is 0.320 e. The minimum absolute atomic E-state index is 0.0624. The Labute approximate surface area is 152 Å². The van der Waals surface area contributed by atoms with Gasteiger partial charge in [0.2, 0.25) is 0 Å². The molecule has 0 bridgehead atoms. The number of benzene rings is 1. The van der Waals surface area contributed by atoms with Crippen LogP contribution in [0.2, 0.25) is 0 Å². The van der Waals surface area contributed by atoms with Gasteiger partial charge in [-0.3, -0.25) is 19.7 Å². The highest BCUT2D eigenvalue weighted by atomic mass is 16.5. The molecule has 8 nitrogen and oxygen atoms in total. The van der Waals surface area contributed by atoms with Gasteiger partial charge in [0.25, 0.3) is 5.91 Å². The lowest BCUT2D eigenvalue weighted by Crippen LogP contribution is -2.49. The Hall–Kier alpha value is -2.61. The quantitative estimate of drug-likeness (QED) is 0.466. The zero-order chi connectivity index (χ0) is 19.7. The molecule has 0 aliphatic rings. The van der Waals surface area contributed by atoms with Crippen molar-refractivity contribution >= 4 is 17.8 Å². The van der Waals surface area contributed by atoms with E-state index >= 15 is 0 Å². The average molecular weight is 366 g/mol. The molecule has 0 radical (unpaired) electrons. The van der Waals surface area contributed by atoms with Gasteiger partial charge < -0.3 is 20.3 Å². The van der Waals surface area contributed by atoms with Gasteiger partial charge in [-0.1, -0.05) is 19.9 Å². The average Bonchev–Trinajstić information content (AvgIpc) is 2.59. The molecule has 0 spiro atoms. The van der Waals surface area contributed by atoms with Gasteiger partial charge in [-0.25, -0.2) is 0 Å². The van der Waals surface area contributed by atoms with Crippen LogP contribution in [0.4, 0.5) is 0 Å². The predicted octanol–water partition coefficient (Wildman–Crippen LogP) is 1.36. The summed E-state index contributed by atoms with van der Waals surface area (Å²) in [5.41, 5.74) is 0.396. The Balaban J connectivity index is 2.61. The summed E-state index contributed by atoms with van der Waals surface area (Å²) in [6, 6.07) is 4.56. The Kier molecular flexibility index (Phi) is 8.57. The largest absolute Gasteiger partial charge is 0.497 e. The number of carbonyl (C=O) groups is 3. The van der Waals surface area contributed by atoms with Crippen LogP contribution < -0.4 is 15.4 Å². The first-order valence-electron chi connectivity index (χ1n) is 8.38. The lowest BCUT2D eigenvalue weighted by atomic mass is 10.0. The van der Waals surface area contributed by atoms with Crippen molar-refractivity contribution in [2.45, 2.75) is 38.8 Å². The van der Waals surface area contributed by atoms with E-state index in [9.17, 15) is 24.6 Å². The van der Waals surface area contributed by atoms with E-state index in [4.69, 9.17) is 4.74 Å². The first-order valence-corrected chi connectivity index (χ1v) is 8.38. The second kappa shape index (κ2) is 10.4. The Morgan fingerprint density at radius 1 is 1.12 bits per heavy atom. The molecule has 0 saturated carbocycles. The fourth-order valence-electron chi connectivity index (χ4n) is 2.43. The van der Waals surface area contributed by atoms with Crippen LogP contribution in [0.1, 0.15) is 37.0 Å². The topological polar surface area (TPSA) is 125 Å². The summed E-state index contributed by atoms with van der Waals surface area (Å²) in [7, 11) is 1.50. The number of carboxylic acids is 2. The Morgan fingerprint density at radius 2 is 1.77 bits per heavy atom. The third-order valence-corrected chi connectivity index (χ3v) is 3.76.